The van der Waals surface area contributed by atoms with Crippen molar-refractivity contribution in [3.8, 4) is 0 Å². The van der Waals surface area contributed by atoms with Gasteiger partial charge in [-0.15, -0.1) is 0 Å². The summed E-state index contributed by atoms with van der Waals surface area (Å²) in [5.74, 6) is 1.09. The van der Waals surface area contributed by atoms with Crippen molar-refractivity contribution in [1.29, 1.82) is 0 Å². The number of carbonyl (C=O) groups is 1. The molecule has 2 heterocycles. The molecule has 0 fully saturated rings. The number of hydrogen-bond donors (Lipinski definition) is 2. The molecule has 2 N–H and O–H groups in total. The number of carbonyl (C=O) groups excluding carboxylic acids is 1. The molecule has 1 amide bonds. The predicted molar refractivity (Wildman–Crippen MR) is 129 cm³/mol. The molecule has 0 radical (unpaired) electrons. The maximum atomic E-state index is 12.6. The summed E-state index contributed by atoms with van der Waals surface area (Å²) in [6.45, 7) is 6.03. The number of benzene rings is 2. The highest BCUT2D eigenvalue weighted by Gasteiger charge is 2.33. The van der Waals surface area contributed by atoms with E-state index in [9.17, 15) is 13.2 Å². The molecule has 0 unspecified atom stereocenters. The second kappa shape index (κ2) is 9.19. The van der Waals surface area contributed by atoms with E-state index in [0.717, 1.165) is 24.0 Å². The zero-order valence-electron chi connectivity index (χ0n) is 18.9. The van der Waals surface area contributed by atoms with Crippen LogP contribution in [-0.4, -0.2) is 30.3 Å². The molecule has 0 atom stereocenters. The monoisotopic (exact) mass is 465 g/mol. The SMILES string of the molecule is CCC(CC)N1C(=O)Cc2cnc(Nc3ccc(NS(=O)(=O)c4ccc(C)cc4)cc3)nc21. The first kappa shape index (κ1) is 22.7. The van der Waals surface area contributed by atoms with E-state index >= 15 is 0 Å². The summed E-state index contributed by atoms with van der Waals surface area (Å²) >= 11 is 0. The van der Waals surface area contributed by atoms with Gasteiger partial charge < -0.3 is 5.32 Å². The van der Waals surface area contributed by atoms with Gasteiger partial charge in [0.05, 0.1) is 11.3 Å². The van der Waals surface area contributed by atoms with Crippen LogP contribution in [-0.2, 0) is 21.2 Å². The van der Waals surface area contributed by atoms with E-state index in [-0.39, 0.29) is 16.8 Å². The van der Waals surface area contributed by atoms with E-state index in [1.807, 2.05) is 6.92 Å². The number of aromatic nitrogens is 2. The summed E-state index contributed by atoms with van der Waals surface area (Å²) in [5.41, 5.74) is 2.97. The van der Waals surface area contributed by atoms with Gasteiger partial charge in [0.2, 0.25) is 11.9 Å². The van der Waals surface area contributed by atoms with Crippen molar-refractivity contribution < 1.29 is 13.2 Å². The third-order valence-electron chi connectivity index (χ3n) is 5.71. The molecule has 1 aliphatic heterocycles. The molecule has 0 spiro atoms. The summed E-state index contributed by atoms with van der Waals surface area (Å²) in [4.78, 5) is 23.4. The van der Waals surface area contributed by atoms with Crippen LogP contribution >= 0.6 is 0 Å². The number of rotatable bonds is 8. The highest BCUT2D eigenvalue weighted by Crippen LogP contribution is 2.31. The predicted octanol–water partition coefficient (Wildman–Crippen LogP) is 4.41. The van der Waals surface area contributed by atoms with Gasteiger partial charge >= 0.3 is 0 Å². The average Bonchev–Trinajstić information content (AvgIpc) is 3.11. The summed E-state index contributed by atoms with van der Waals surface area (Å²) in [6.07, 6.45) is 3.72. The van der Waals surface area contributed by atoms with Crippen molar-refractivity contribution in [2.24, 2.45) is 0 Å². The fourth-order valence-electron chi connectivity index (χ4n) is 3.87. The summed E-state index contributed by atoms with van der Waals surface area (Å²) < 4.78 is 27.7. The number of fused-ring (bicyclic) bond motifs is 1. The van der Waals surface area contributed by atoms with Gasteiger partial charge in [-0.2, -0.15) is 4.98 Å². The zero-order chi connectivity index (χ0) is 23.6. The van der Waals surface area contributed by atoms with E-state index in [4.69, 9.17) is 0 Å². The van der Waals surface area contributed by atoms with Crippen molar-refractivity contribution in [3.63, 3.8) is 0 Å². The Labute approximate surface area is 194 Å². The smallest absolute Gasteiger partial charge is 0.261 e. The number of nitrogens with one attached hydrogen (secondary N) is 2. The van der Waals surface area contributed by atoms with E-state index in [0.29, 0.717) is 29.6 Å². The lowest BCUT2D eigenvalue weighted by molar-refractivity contribution is -0.117. The third-order valence-corrected chi connectivity index (χ3v) is 7.11. The summed E-state index contributed by atoms with van der Waals surface area (Å²) in [5, 5.41) is 3.13. The minimum Gasteiger partial charge on any atom is -0.324 e. The topological polar surface area (TPSA) is 104 Å². The van der Waals surface area contributed by atoms with Gasteiger partial charge in [0.25, 0.3) is 10.0 Å². The van der Waals surface area contributed by atoms with Crippen LogP contribution in [0, 0.1) is 6.92 Å². The van der Waals surface area contributed by atoms with Crippen LogP contribution in [0.5, 0.6) is 0 Å². The van der Waals surface area contributed by atoms with Gasteiger partial charge in [0.1, 0.15) is 5.82 Å². The van der Waals surface area contributed by atoms with Gasteiger partial charge in [-0.3, -0.25) is 14.4 Å². The maximum absolute atomic E-state index is 12.6. The molecule has 2 aromatic carbocycles. The van der Waals surface area contributed by atoms with Crippen LogP contribution in [0.25, 0.3) is 0 Å². The molecule has 8 nitrogen and oxygen atoms in total. The molecule has 172 valence electrons. The fourth-order valence-corrected chi connectivity index (χ4v) is 4.93. The molecule has 0 bridgehead atoms. The Bertz CT molecular complexity index is 1250. The molecule has 1 aliphatic rings. The van der Waals surface area contributed by atoms with Crippen LogP contribution in [0.4, 0.5) is 23.1 Å². The second-order valence-electron chi connectivity index (χ2n) is 8.07. The van der Waals surface area contributed by atoms with Crippen molar-refractivity contribution in [3.05, 3.63) is 65.9 Å². The quantitative estimate of drug-likeness (QED) is 0.511. The van der Waals surface area contributed by atoms with Gasteiger partial charge in [-0.1, -0.05) is 31.5 Å². The van der Waals surface area contributed by atoms with Crippen LogP contribution in [0.2, 0.25) is 0 Å². The summed E-state index contributed by atoms with van der Waals surface area (Å²) in [7, 11) is -3.67. The molecule has 0 saturated carbocycles. The van der Waals surface area contributed by atoms with E-state index in [2.05, 4.69) is 33.9 Å². The second-order valence-corrected chi connectivity index (χ2v) is 9.76. The first-order chi connectivity index (χ1) is 15.8. The molecule has 33 heavy (non-hydrogen) atoms. The Morgan fingerprint density at radius 2 is 1.64 bits per heavy atom. The lowest BCUT2D eigenvalue weighted by Crippen LogP contribution is -2.37. The Balaban J connectivity index is 1.49. The molecule has 9 heteroatoms. The fraction of sp³-hybridized carbons (Fsp3) is 0.292. The lowest BCUT2D eigenvalue weighted by Gasteiger charge is -2.25. The summed E-state index contributed by atoms with van der Waals surface area (Å²) in [6, 6.07) is 13.6. The minimum absolute atomic E-state index is 0.0513. The number of hydrogen-bond acceptors (Lipinski definition) is 6. The molecule has 1 aromatic heterocycles. The van der Waals surface area contributed by atoms with Gasteiger partial charge in [0, 0.05) is 29.2 Å². The van der Waals surface area contributed by atoms with E-state index < -0.39 is 10.0 Å². The average molecular weight is 466 g/mol. The minimum atomic E-state index is -3.67. The molecule has 0 aliphatic carbocycles. The largest absolute Gasteiger partial charge is 0.324 e. The van der Waals surface area contributed by atoms with Crippen molar-refractivity contribution in [2.45, 2.75) is 51.0 Å². The van der Waals surface area contributed by atoms with E-state index in [1.165, 1.54) is 0 Å². The normalized spacial score (nSPS) is 13.3. The van der Waals surface area contributed by atoms with Crippen molar-refractivity contribution >= 4 is 39.1 Å². The zero-order valence-corrected chi connectivity index (χ0v) is 19.7. The molecular formula is C24H27N5O3S. The lowest BCUT2D eigenvalue weighted by atomic mass is 10.1. The molecular weight excluding hydrogens is 438 g/mol. The Morgan fingerprint density at radius 3 is 2.27 bits per heavy atom. The Kier molecular flexibility index (Phi) is 6.33. The third kappa shape index (κ3) is 4.83. The van der Waals surface area contributed by atoms with E-state index in [1.54, 1.807) is 59.6 Å². The Morgan fingerprint density at radius 1 is 1.00 bits per heavy atom. The Hall–Kier alpha value is -3.46. The maximum Gasteiger partial charge on any atom is 0.261 e. The highest BCUT2D eigenvalue weighted by atomic mass is 32.2. The first-order valence-electron chi connectivity index (χ1n) is 10.9. The van der Waals surface area contributed by atoms with Gasteiger partial charge in [-0.05, 0) is 56.2 Å². The number of anilines is 4. The standard InChI is InChI=1S/C24H27N5O3S/c1-4-20(5-2)29-22(30)14-17-15-25-24(27-23(17)29)26-18-8-10-19(11-9-18)28-33(31,32)21-12-6-16(3)7-13-21/h6-13,15,20,28H,4-5,14H2,1-3H3,(H,25,26,27). The van der Waals surface area contributed by atoms with Crippen LogP contribution in [0.15, 0.2) is 59.6 Å². The van der Waals surface area contributed by atoms with Gasteiger partial charge in [-0.25, -0.2) is 13.4 Å². The molecule has 3 aromatic rings. The number of sulfonamides is 1. The van der Waals surface area contributed by atoms with Crippen LogP contribution < -0.4 is 14.9 Å². The van der Waals surface area contributed by atoms with Gasteiger partial charge in [0.15, 0.2) is 0 Å². The number of aryl methyl sites for hydroxylation is 1. The number of amides is 1. The molecule has 4 rings (SSSR count). The number of nitrogens with zero attached hydrogens (tertiary/aromatic N) is 3. The first-order valence-corrected chi connectivity index (χ1v) is 12.4. The highest BCUT2D eigenvalue weighted by molar-refractivity contribution is 7.92. The molecule has 0 saturated heterocycles. The van der Waals surface area contributed by atoms with Crippen molar-refractivity contribution in [2.75, 3.05) is 14.9 Å². The van der Waals surface area contributed by atoms with Crippen LogP contribution in [0.1, 0.15) is 37.8 Å². The van der Waals surface area contributed by atoms with Crippen LogP contribution in [0.3, 0.4) is 0 Å². The van der Waals surface area contributed by atoms with Crippen molar-refractivity contribution in [1.82, 2.24) is 9.97 Å².